The Bertz CT molecular complexity index is 1810. The van der Waals surface area contributed by atoms with Crippen LogP contribution in [0.4, 0.5) is 22.7 Å². The van der Waals surface area contributed by atoms with Crippen molar-refractivity contribution in [2.45, 2.75) is 66.2 Å². The van der Waals surface area contributed by atoms with Crippen LogP contribution in [-0.4, -0.2) is 7.05 Å². The molecule has 0 unspecified atom stereocenters. The van der Waals surface area contributed by atoms with Gasteiger partial charge in [0.2, 0.25) is 0 Å². The Morgan fingerprint density at radius 1 is 0.408 bits per heavy atom. The van der Waals surface area contributed by atoms with E-state index in [1.54, 1.807) is 0 Å². The first-order chi connectivity index (χ1) is 23.4. The van der Waals surface area contributed by atoms with Gasteiger partial charge in [0.05, 0.1) is 0 Å². The van der Waals surface area contributed by atoms with E-state index in [9.17, 15) is 0 Å². The molecule has 6 aromatic carbocycles. The summed E-state index contributed by atoms with van der Waals surface area (Å²) in [5.74, 6) is 0. The van der Waals surface area contributed by atoms with Crippen molar-refractivity contribution >= 4 is 22.7 Å². The van der Waals surface area contributed by atoms with E-state index >= 15 is 0 Å². The van der Waals surface area contributed by atoms with Gasteiger partial charge in [0, 0.05) is 40.6 Å². The summed E-state index contributed by atoms with van der Waals surface area (Å²) in [7, 11) is 2.09. The lowest BCUT2D eigenvalue weighted by Gasteiger charge is -2.28. The van der Waals surface area contributed by atoms with E-state index < -0.39 is 0 Å². The van der Waals surface area contributed by atoms with Gasteiger partial charge in [-0.25, -0.2) is 0 Å². The maximum atomic E-state index is 3.68. The van der Waals surface area contributed by atoms with Gasteiger partial charge >= 0.3 is 0 Å². The minimum Gasteiger partial charge on any atom is -0.355 e. The van der Waals surface area contributed by atoms with Crippen molar-refractivity contribution < 1.29 is 0 Å². The lowest BCUT2D eigenvalue weighted by molar-refractivity contribution is 0.640. The van der Waals surface area contributed by atoms with Crippen molar-refractivity contribution in [2.24, 2.45) is 0 Å². The number of nitrogens with zero attached hydrogens (tertiary/aromatic N) is 1. The fourth-order valence-electron chi connectivity index (χ4n) is 6.26. The van der Waals surface area contributed by atoms with Gasteiger partial charge in [-0.1, -0.05) is 148 Å². The summed E-state index contributed by atoms with van der Waals surface area (Å²) in [5.41, 5.74) is 15.1. The van der Waals surface area contributed by atoms with Gasteiger partial charge in [-0.2, -0.15) is 0 Å². The predicted octanol–water partition coefficient (Wildman–Crippen LogP) is 12.8. The molecule has 49 heavy (non-hydrogen) atoms. The van der Waals surface area contributed by atoms with E-state index in [-0.39, 0.29) is 10.8 Å². The standard InChI is InChI=1S/C32H35N.C15H17N/c1-23-21-27(31(3,4)25-13-9-7-10-14-25)17-19-29(23)33-30-20-18-28(22-24(30)2)32(5,6)26-15-11-8-12-16-26;1-12-4-8-14(9-5-12)16(3)15-10-6-13(2)7-11-15/h7-22,33H,1-6H3;4-11H,1-3H3. The zero-order chi connectivity index (χ0) is 35.2. The molecule has 0 fully saturated rings. The van der Waals surface area contributed by atoms with Gasteiger partial charge in [0.1, 0.15) is 0 Å². The van der Waals surface area contributed by atoms with Gasteiger partial charge < -0.3 is 10.2 Å². The molecule has 6 aromatic rings. The van der Waals surface area contributed by atoms with Crippen molar-refractivity contribution in [1.29, 1.82) is 0 Å². The molecule has 2 nitrogen and oxygen atoms in total. The molecule has 0 aliphatic heterocycles. The zero-order valence-corrected chi connectivity index (χ0v) is 30.8. The molecule has 0 saturated carbocycles. The summed E-state index contributed by atoms with van der Waals surface area (Å²) >= 11 is 0. The Morgan fingerprint density at radius 3 is 1.08 bits per heavy atom. The van der Waals surface area contributed by atoms with E-state index in [0.29, 0.717) is 0 Å². The van der Waals surface area contributed by atoms with Gasteiger partial charge in [0.15, 0.2) is 0 Å². The molecule has 2 heteroatoms. The summed E-state index contributed by atoms with van der Waals surface area (Å²) in [6.45, 7) is 17.8. The molecule has 0 aliphatic carbocycles. The topological polar surface area (TPSA) is 15.3 Å². The van der Waals surface area contributed by atoms with E-state index in [2.05, 4.69) is 218 Å². The molecular weight excluding hydrogens is 593 g/mol. The normalized spacial score (nSPS) is 11.4. The highest BCUT2D eigenvalue weighted by Crippen LogP contribution is 2.36. The van der Waals surface area contributed by atoms with Crippen molar-refractivity contribution in [1.82, 2.24) is 0 Å². The SMILES string of the molecule is Cc1cc(C(C)(C)c2ccccc2)ccc1Nc1ccc(C(C)(C)c2ccccc2)cc1C.Cc1ccc(N(C)c2ccc(C)cc2)cc1. The Labute approximate surface area is 295 Å². The zero-order valence-electron chi connectivity index (χ0n) is 30.8. The second-order valence-electron chi connectivity index (χ2n) is 14.4. The summed E-state index contributed by atoms with van der Waals surface area (Å²) in [4.78, 5) is 2.19. The molecule has 250 valence electrons. The van der Waals surface area contributed by atoms with E-state index in [1.165, 1.54) is 55.9 Å². The first-order valence-corrected chi connectivity index (χ1v) is 17.3. The molecule has 6 rings (SSSR count). The van der Waals surface area contributed by atoms with Crippen LogP contribution in [-0.2, 0) is 10.8 Å². The van der Waals surface area contributed by atoms with Gasteiger partial charge in [-0.05, 0) is 97.5 Å². The average molecular weight is 645 g/mol. The summed E-state index contributed by atoms with van der Waals surface area (Å²) < 4.78 is 0. The first-order valence-electron chi connectivity index (χ1n) is 17.3. The summed E-state index contributed by atoms with van der Waals surface area (Å²) in [6.07, 6.45) is 0. The second kappa shape index (κ2) is 15.0. The van der Waals surface area contributed by atoms with Gasteiger partial charge in [0.25, 0.3) is 0 Å². The lowest BCUT2D eigenvalue weighted by Crippen LogP contribution is -2.19. The molecule has 0 atom stereocenters. The van der Waals surface area contributed by atoms with Crippen molar-refractivity contribution in [3.05, 3.63) is 190 Å². The quantitative estimate of drug-likeness (QED) is 0.177. The van der Waals surface area contributed by atoms with Crippen LogP contribution >= 0.6 is 0 Å². The third-order valence-electron chi connectivity index (χ3n) is 10.00. The number of rotatable bonds is 8. The fourth-order valence-corrected chi connectivity index (χ4v) is 6.26. The Balaban J connectivity index is 0.000000244. The van der Waals surface area contributed by atoms with Crippen LogP contribution in [0.1, 0.15) is 72.2 Å². The summed E-state index contributed by atoms with van der Waals surface area (Å²) in [5, 5.41) is 3.68. The number of benzene rings is 6. The number of aryl methyl sites for hydroxylation is 4. The van der Waals surface area contributed by atoms with Crippen LogP contribution in [0.5, 0.6) is 0 Å². The van der Waals surface area contributed by atoms with Crippen LogP contribution in [0, 0.1) is 27.7 Å². The van der Waals surface area contributed by atoms with E-state index in [4.69, 9.17) is 0 Å². The summed E-state index contributed by atoms with van der Waals surface area (Å²) in [6, 6.07) is 52.2. The molecule has 0 aliphatic rings. The highest BCUT2D eigenvalue weighted by Gasteiger charge is 2.25. The Kier molecular flexibility index (Phi) is 10.8. The minimum atomic E-state index is -0.0366. The number of nitrogens with one attached hydrogen (secondary N) is 1. The average Bonchev–Trinajstić information content (AvgIpc) is 3.11. The van der Waals surface area contributed by atoms with Gasteiger partial charge in [-0.15, -0.1) is 0 Å². The molecular formula is C47H52N2. The third-order valence-corrected chi connectivity index (χ3v) is 10.00. The minimum absolute atomic E-state index is 0.0366. The highest BCUT2D eigenvalue weighted by atomic mass is 15.1. The van der Waals surface area contributed by atoms with E-state index in [1.807, 2.05) is 0 Å². The third kappa shape index (κ3) is 8.32. The molecule has 0 heterocycles. The maximum absolute atomic E-state index is 3.68. The van der Waals surface area contributed by atoms with Crippen molar-refractivity contribution in [3.63, 3.8) is 0 Å². The Morgan fingerprint density at radius 2 is 0.755 bits per heavy atom. The smallest absolute Gasteiger partial charge is 0.0414 e. The first kappa shape index (κ1) is 35.2. The molecule has 0 radical (unpaired) electrons. The Hall–Kier alpha value is -5.08. The predicted molar refractivity (Wildman–Crippen MR) is 213 cm³/mol. The molecule has 0 aromatic heterocycles. The van der Waals surface area contributed by atoms with Gasteiger partial charge in [-0.3, -0.25) is 0 Å². The van der Waals surface area contributed by atoms with Crippen molar-refractivity contribution in [3.8, 4) is 0 Å². The fraction of sp³-hybridized carbons (Fsp3) is 0.234. The van der Waals surface area contributed by atoms with Crippen LogP contribution < -0.4 is 10.2 Å². The monoisotopic (exact) mass is 644 g/mol. The molecule has 0 saturated heterocycles. The van der Waals surface area contributed by atoms with Crippen LogP contribution in [0.2, 0.25) is 0 Å². The maximum Gasteiger partial charge on any atom is 0.0414 e. The molecule has 0 spiro atoms. The van der Waals surface area contributed by atoms with Crippen LogP contribution in [0.25, 0.3) is 0 Å². The molecule has 0 amide bonds. The molecule has 0 bridgehead atoms. The van der Waals surface area contributed by atoms with Crippen molar-refractivity contribution in [2.75, 3.05) is 17.3 Å². The lowest BCUT2D eigenvalue weighted by atomic mass is 9.77. The number of hydrogen-bond acceptors (Lipinski definition) is 2. The molecule has 1 N–H and O–H groups in total. The van der Waals surface area contributed by atoms with E-state index in [0.717, 1.165) is 11.4 Å². The van der Waals surface area contributed by atoms with Crippen LogP contribution in [0.3, 0.4) is 0 Å². The second-order valence-corrected chi connectivity index (χ2v) is 14.4. The van der Waals surface area contributed by atoms with Crippen LogP contribution in [0.15, 0.2) is 146 Å². The highest BCUT2D eigenvalue weighted by molar-refractivity contribution is 5.67. The number of hydrogen-bond donors (Lipinski definition) is 1. The number of anilines is 4. The largest absolute Gasteiger partial charge is 0.355 e.